The van der Waals surface area contributed by atoms with Crippen LogP contribution in [-0.2, 0) is 16.0 Å². The van der Waals surface area contributed by atoms with Crippen molar-refractivity contribution in [3.05, 3.63) is 35.4 Å². The molecule has 4 nitrogen and oxygen atoms in total. The van der Waals surface area contributed by atoms with Crippen molar-refractivity contribution in [1.82, 2.24) is 10.2 Å². The number of hydrogen-bond donors (Lipinski definition) is 1. The van der Waals surface area contributed by atoms with Crippen molar-refractivity contribution in [3.63, 3.8) is 0 Å². The van der Waals surface area contributed by atoms with Crippen LogP contribution in [0.4, 0.5) is 0 Å². The molecule has 1 aromatic rings. The maximum Gasteiger partial charge on any atom is 0.242 e. The average Bonchev–Trinajstić information content (AvgIpc) is 2.47. The predicted molar refractivity (Wildman–Crippen MR) is 71.7 cm³/mol. The molecule has 100 valence electrons. The van der Waals surface area contributed by atoms with E-state index in [-0.39, 0.29) is 24.4 Å². The minimum atomic E-state index is -0.0302. The van der Waals surface area contributed by atoms with Crippen LogP contribution in [0.15, 0.2) is 24.3 Å². The highest BCUT2D eigenvalue weighted by Gasteiger charge is 2.32. The normalized spacial score (nSPS) is 26.3. The Hall–Kier alpha value is -1.84. The largest absolute Gasteiger partial charge is 0.347 e. The van der Waals surface area contributed by atoms with Gasteiger partial charge >= 0.3 is 0 Å². The highest BCUT2D eigenvalue weighted by atomic mass is 16.2. The monoisotopic (exact) mass is 258 g/mol. The van der Waals surface area contributed by atoms with E-state index in [1.807, 2.05) is 17.9 Å². The fourth-order valence-electron chi connectivity index (χ4n) is 3.02. The first kappa shape index (κ1) is 12.2. The fraction of sp³-hybridized carbons (Fsp3) is 0.467. The fourth-order valence-corrected chi connectivity index (χ4v) is 3.02. The summed E-state index contributed by atoms with van der Waals surface area (Å²) in [6, 6.07) is 8.37. The quantitative estimate of drug-likeness (QED) is 0.862. The number of benzene rings is 1. The van der Waals surface area contributed by atoms with Crippen LogP contribution in [0, 0.1) is 0 Å². The SMILES string of the molecule is CC1CC(=O)NCC(=O)N1CC1Cc2ccccc21. The lowest BCUT2D eigenvalue weighted by molar-refractivity contribution is -0.131. The minimum absolute atomic E-state index is 0.0113. The number of amides is 2. The Morgan fingerprint density at radius 1 is 1.26 bits per heavy atom. The number of fused-ring (bicyclic) bond motifs is 1. The highest BCUT2D eigenvalue weighted by molar-refractivity contribution is 5.87. The zero-order valence-electron chi connectivity index (χ0n) is 11.1. The Bertz CT molecular complexity index is 527. The summed E-state index contributed by atoms with van der Waals surface area (Å²) in [6.45, 7) is 2.82. The molecular formula is C15H18N2O2. The van der Waals surface area contributed by atoms with Crippen LogP contribution in [0.25, 0.3) is 0 Å². The first-order chi connectivity index (χ1) is 9.15. The summed E-state index contributed by atoms with van der Waals surface area (Å²) < 4.78 is 0. The molecule has 4 heteroatoms. The molecule has 1 N–H and O–H groups in total. The zero-order valence-corrected chi connectivity index (χ0v) is 11.1. The standard InChI is InChI=1S/C15H18N2O2/c1-10-6-14(18)16-8-15(19)17(10)9-12-7-11-4-2-3-5-13(11)12/h2-5,10,12H,6-9H2,1H3,(H,16,18). The van der Waals surface area contributed by atoms with E-state index in [1.54, 1.807) is 0 Å². The van der Waals surface area contributed by atoms with Crippen molar-refractivity contribution in [3.8, 4) is 0 Å². The van der Waals surface area contributed by atoms with Gasteiger partial charge in [-0.1, -0.05) is 24.3 Å². The lowest BCUT2D eigenvalue weighted by Crippen LogP contribution is -2.43. The average molecular weight is 258 g/mol. The van der Waals surface area contributed by atoms with Gasteiger partial charge in [0.2, 0.25) is 11.8 Å². The molecule has 1 aliphatic heterocycles. The van der Waals surface area contributed by atoms with Gasteiger partial charge in [0.05, 0.1) is 6.54 Å². The van der Waals surface area contributed by atoms with Gasteiger partial charge in [0, 0.05) is 24.9 Å². The molecule has 1 aliphatic carbocycles. The molecule has 19 heavy (non-hydrogen) atoms. The van der Waals surface area contributed by atoms with Crippen molar-refractivity contribution in [1.29, 1.82) is 0 Å². The molecule has 2 aliphatic rings. The molecule has 3 rings (SSSR count). The Balaban J connectivity index is 1.73. The van der Waals surface area contributed by atoms with Gasteiger partial charge in [-0.05, 0) is 24.5 Å². The topological polar surface area (TPSA) is 49.4 Å². The minimum Gasteiger partial charge on any atom is -0.347 e. The van der Waals surface area contributed by atoms with Crippen LogP contribution in [-0.4, -0.2) is 35.8 Å². The van der Waals surface area contributed by atoms with Crippen LogP contribution in [0.1, 0.15) is 30.4 Å². The second-order valence-electron chi connectivity index (χ2n) is 5.48. The molecule has 0 aromatic heterocycles. The second kappa shape index (κ2) is 4.68. The molecule has 2 atom stereocenters. The molecule has 2 unspecified atom stereocenters. The third kappa shape index (κ3) is 2.23. The maximum absolute atomic E-state index is 12.1. The van der Waals surface area contributed by atoms with E-state index in [2.05, 4.69) is 23.5 Å². The van der Waals surface area contributed by atoms with Crippen molar-refractivity contribution < 1.29 is 9.59 Å². The molecular weight excluding hydrogens is 240 g/mol. The molecule has 0 bridgehead atoms. The van der Waals surface area contributed by atoms with Crippen molar-refractivity contribution in [2.45, 2.75) is 31.7 Å². The van der Waals surface area contributed by atoms with Crippen molar-refractivity contribution >= 4 is 11.8 Å². The number of rotatable bonds is 2. The van der Waals surface area contributed by atoms with E-state index >= 15 is 0 Å². The number of carbonyl (C=O) groups excluding carboxylic acids is 2. The van der Waals surface area contributed by atoms with Gasteiger partial charge in [0.25, 0.3) is 0 Å². The first-order valence-corrected chi connectivity index (χ1v) is 6.79. The van der Waals surface area contributed by atoms with Crippen molar-refractivity contribution in [2.75, 3.05) is 13.1 Å². The molecule has 2 amide bonds. The van der Waals surface area contributed by atoms with Gasteiger partial charge in [-0.25, -0.2) is 0 Å². The molecule has 0 spiro atoms. The van der Waals surface area contributed by atoms with Gasteiger partial charge in [-0.15, -0.1) is 0 Å². The van der Waals surface area contributed by atoms with Crippen LogP contribution in [0.2, 0.25) is 0 Å². The number of hydrogen-bond acceptors (Lipinski definition) is 2. The van der Waals surface area contributed by atoms with E-state index in [0.29, 0.717) is 12.3 Å². The smallest absolute Gasteiger partial charge is 0.242 e. The van der Waals surface area contributed by atoms with Crippen LogP contribution < -0.4 is 5.32 Å². The van der Waals surface area contributed by atoms with Crippen LogP contribution >= 0.6 is 0 Å². The second-order valence-corrected chi connectivity index (χ2v) is 5.48. The van der Waals surface area contributed by atoms with Gasteiger partial charge in [-0.2, -0.15) is 0 Å². The summed E-state index contributed by atoms with van der Waals surface area (Å²) in [6.07, 6.45) is 1.44. The maximum atomic E-state index is 12.1. The highest BCUT2D eigenvalue weighted by Crippen LogP contribution is 2.35. The molecule has 0 saturated carbocycles. The Labute approximate surface area is 112 Å². The van der Waals surface area contributed by atoms with Crippen LogP contribution in [0.3, 0.4) is 0 Å². The van der Waals surface area contributed by atoms with E-state index in [1.165, 1.54) is 11.1 Å². The third-order valence-electron chi connectivity index (χ3n) is 4.15. The van der Waals surface area contributed by atoms with E-state index in [9.17, 15) is 9.59 Å². The summed E-state index contributed by atoms with van der Waals surface area (Å²) >= 11 is 0. The number of nitrogens with one attached hydrogen (secondary N) is 1. The van der Waals surface area contributed by atoms with Gasteiger partial charge in [0.1, 0.15) is 0 Å². The zero-order chi connectivity index (χ0) is 13.4. The lowest BCUT2D eigenvalue weighted by Gasteiger charge is -2.36. The van der Waals surface area contributed by atoms with E-state index in [4.69, 9.17) is 0 Å². The van der Waals surface area contributed by atoms with Gasteiger partial charge in [-0.3, -0.25) is 9.59 Å². The summed E-state index contributed by atoms with van der Waals surface area (Å²) in [4.78, 5) is 25.4. The Kier molecular flexibility index (Phi) is 3.01. The van der Waals surface area contributed by atoms with Gasteiger partial charge in [0.15, 0.2) is 0 Å². The van der Waals surface area contributed by atoms with Crippen molar-refractivity contribution in [2.24, 2.45) is 0 Å². The van der Waals surface area contributed by atoms with E-state index in [0.717, 1.165) is 13.0 Å². The van der Waals surface area contributed by atoms with E-state index < -0.39 is 0 Å². The predicted octanol–water partition coefficient (Wildman–Crippen LogP) is 1.06. The lowest BCUT2D eigenvalue weighted by atomic mass is 9.77. The molecule has 1 fully saturated rings. The van der Waals surface area contributed by atoms with Gasteiger partial charge < -0.3 is 10.2 Å². The number of carbonyl (C=O) groups is 2. The van der Waals surface area contributed by atoms with Crippen LogP contribution in [0.5, 0.6) is 0 Å². The Morgan fingerprint density at radius 2 is 2.05 bits per heavy atom. The molecule has 1 heterocycles. The molecule has 0 radical (unpaired) electrons. The summed E-state index contributed by atoms with van der Waals surface area (Å²) in [5.41, 5.74) is 2.74. The summed E-state index contributed by atoms with van der Waals surface area (Å²) in [5, 5.41) is 2.65. The third-order valence-corrected chi connectivity index (χ3v) is 4.15. The first-order valence-electron chi connectivity index (χ1n) is 6.79. The molecule has 1 saturated heterocycles. The summed E-state index contributed by atoms with van der Waals surface area (Å²) in [5.74, 6) is 0.427. The Morgan fingerprint density at radius 3 is 2.84 bits per heavy atom. The molecule has 1 aromatic carbocycles. The number of nitrogens with zero attached hydrogens (tertiary/aromatic N) is 1. The summed E-state index contributed by atoms with van der Waals surface area (Å²) in [7, 11) is 0.